The zero-order valence-electron chi connectivity index (χ0n) is 21.2. The smallest absolute Gasteiger partial charge is 0.178 e. The molecule has 0 unspecified atom stereocenters. The van der Waals surface area contributed by atoms with Gasteiger partial charge in [-0.25, -0.2) is 0 Å². The lowest BCUT2D eigenvalue weighted by Gasteiger charge is -2.41. The van der Waals surface area contributed by atoms with Gasteiger partial charge in [0, 0.05) is 37.6 Å². The molecule has 0 amide bonds. The minimum Gasteiger partial charge on any atom is -0.378 e. The van der Waals surface area contributed by atoms with E-state index in [0.717, 1.165) is 40.4 Å². The Balaban J connectivity index is 1.69. The summed E-state index contributed by atoms with van der Waals surface area (Å²) >= 11 is 6.06. The van der Waals surface area contributed by atoms with Crippen molar-refractivity contribution in [1.82, 2.24) is 0 Å². The van der Waals surface area contributed by atoms with E-state index in [4.69, 9.17) is 17.2 Å². The first-order chi connectivity index (χ1) is 17.2. The number of fused-ring (bicyclic) bond motifs is 2. The van der Waals surface area contributed by atoms with Crippen LogP contribution in [-0.2, 0) is 4.79 Å². The van der Waals surface area contributed by atoms with Crippen LogP contribution < -0.4 is 15.1 Å². The molecule has 1 heterocycles. The highest BCUT2D eigenvalue weighted by atomic mass is 32.1. The number of hydrogen-bond acceptors (Lipinski definition) is 4. The number of carbonyl (C=O) groups is 1. The maximum Gasteiger partial charge on any atom is 0.178 e. The van der Waals surface area contributed by atoms with Crippen LogP contribution in [0.5, 0.6) is 0 Å². The number of rotatable bonds is 3. The summed E-state index contributed by atoms with van der Waals surface area (Å²) < 4.78 is 0. The number of ketones is 1. The molecule has 5 rings (SSSR count). The normalized spacial score (nSPS) is 20.5. The number of carbonyl (C=O) groups excluding carboxylic acids is 1. The van der Waals surface area contributed by atoms with Crippen LogP contribution in [0.1, 0.15) is 38.3 Å². The van der Waals surface area contributed by atoms with Crippen LogP contribution in [0.2, 0.25) is 0 Å². The van der Waals surface area contributed by atoms with Gasteiger partial charge in [0.1, 0.15) is 5.78 Å². The lowest BCUT2D eigenvalue weighted by molar-refractivity contribution is -0.124. The number of aliphatic imine (C=N–C) groups is 1. The van der Waals surface area contributed by atoms with Gasteiger partial charge in [-0.05, 0) is 66.0 Å². The van der Waals surface area contributed by atoms with Gasteiger partial charge in [-0.2, -0.15) is 0 Å². The Bertz CT molecular complexity index is 1310. The molecule has 0 radical (unpaired) electrons. The van der Waals surface area contributed by atoms with E-state index >= 15 is 0 Å². The van der Waals surface area contributed by atoms with Crippen molar-refractivity contribution in [3.8, 4) is 0 Å². The Kier molecular flexibility index (Phi) is 6.39. The van der Waals surface area contributed by atoms with Gasteiger partial charge in [0.2, 0.25) is 0 Å². The molecule has 2 atom stereocenters. The minimum absolute atomic E-state index is 0.126. The van der Waals surface area contributed by atoms with Crippen LogP contribution in [0.25, 0.3) is 0 Å². The second-order valence-electron chi connectivity index (χ2n) is 10.7. The Morgan fingerprint density at radius 2 is 1.64 bits per heavy atom. The Labute approximate surface area is 218 Å². The fraction of sp³-hybridized carbons (Fsp3) is 0.300. The van der Waals surface area contributed by atoms with Crippen molar-refractivity contribution in [3.05, 3.63) is 84.4 Å². The molecule has 0 aromatic heterocycles. The van der Waals surface area contributed by atoms with Crippen molar-refractivity contribution < 1.29 is 4.79 Å². The average molecular weight is 497 g/mol. The van der Waals surface area contributed by atoms with Gasteiger partial charge in [0.15, 0.2) is 5.11 Å². The molecule has 184 valence electrons. The SMILES string of the molecule is CN(C)c1ccc([C@@H]2[C@H]3C(=O)CC(C)(C)CC3=Nc3ccccc3N2C(=S)Nc2ccccc2)cc1. The number of nitrogens with one attached hydrogen (secondary N) is 1. The third-order valence-electron chi connectivity index (χ3n) is 7.01. The topological polar surface area (TPSA) is 47.9 Å². The van der Waals surface area contributed by atoms with Crippen LogP contribution >= 0.6 is 12.2 Å². The fourth-order valence-corrected chi connectivity index (χ4v) is 5.70. The number of benzene rings is 3. The summed E-state index contributed by atoms with van der Waals surface area (Å²) in [6.07, 6.45) is 1.29. The number of anilines is 3. The van der Waals surface area contributed by atoms with Gasteiger partial charge in [0.05, 0.1) is 23.3 Å². The average Bonchev–Trinajstić information content (AvgIpc) is 2.98. The highest BCUT2D eigenvalue weighted by Gasteiger charge is 2.47. The van der Waals surface area contributed by atoms with E-state index in [9.17, 15) is 4.79 Å². The zero-order chi connectivity index (χ0) is 25.4. The number of para-hydroxylation sites is 3. The predicted octanol–water partition coefficient (Wildman–Crippen LogP) is 6.79. The van der Waals surface area contributed by atoms with E-state index in [1.165, 1.54) is 0 Å². The van der Waals surface area contributed by atoms with Crippen molar-refractivity contribution in [3.63, 3.8) is 0 Å². The summed E-state index contributed by atoms with van der Waals surface area (Å²) in [5.74, 6) is -0.168. The van der Waals surface area contributed by atoms with Crippen LogP contribution in [0.4, 0.5) is 22.7 Å². The Morgan fingerprint density at radius 3 is 2.33 bits per heavy atom. The second-order valence-corrected chi connectivity index (χ2v) is 11.0. The Hall–Kier alpha value is -3.51. The van der Waals surface area contributed by atoms with Gasteiger partial charge >= 0.3 is 0 Å². The third-order valence-corrected chi connectivity index (χ3v) is 7.31. The van der Waals surface area contributed by atoms with Gasteiger partial charge in [0.25, 0.3) is 0 Å². The number of hydrogen-bond donors (Lipinski definition) is 1. The first kappa shape index (κ1) is 24.2. The summed E-state index contributed by atoms with van der Waals surface area (Å²) in [5, 5.41) is 3.97. The van der Waals surface area contributed by atoms with E-state index in [-0.39, 0.29) is 23.2 Å². The van der Waals surface area contributed by atoms with Crippen LogP contribution in [0.15, 0.2) is 83.9 Å². The minimum atomic E-state index is -0.383. The number of Topliss-reactive ketones (excluding diaryl/α,β-unsaturated/α-hetero) is 1. The molecule has 0 saturated heterocycles. The third kappa shape index (κ3) is 4.65. The summed E-state index contributed by atoms with van der Waals surface area (Å²) in [4.78, 5) is 23.2. The quantitative estimate of drug-likeness (QED) is 0.405. The highest BCUT2D eigenvalue weighted by Crippen LogP contribution is 2.48. The molecule has 1 saturated carbocycles. The summed E-state index contributed by atoms with van der Waals surface area (Å²) in [7, 11) is 4.05. The van der Waals surface area contributed by atoms with E-state index in [1.54, 1.807) is 0 Å². The maximum atomic E-state index is 13.9. The molecule has 3 aromatic rings. The monoisotopic (exact) mass is 496 g/mol. The molecule has 6 heteroatoms. The summed E-state index contributed by atoms with van der Waals surface area (Å²) in [5.41, 5.74) is 5.61. The van der Waals surface area contributed by atoms with Crippen molar-refractivity contribution in [2.24, 2.45) is 16.3 Å². The molecule has 5 nitrogen and oxygen atoms in total. The largest absolute Gasteiger partial charge is 0.378 e. The lowest BCUT2D eigenvalue weighted by Crippen LogP contribution is -2.48. The van der Waals surface area contributed by atoms with Crippen molar-refractivity contribution in [1.29, 1.82) is 0 Å². The molecule has 1 aliphatic carbocycles. The highest BCUT2D eigenvalue weighted by molar-refractivity contribution is 7.80. The molecule has 1 aliphatic heterocycles. The lowest BCUT2D eigenvalue weighted by atomic mass is 9.68. The maximum absolute atomic E-state index is 13.9. The zero-order valence-corrected chi connectivity index (χ0v) is 22.0. The summed E-state index contributed by atoms with van der Waals surface area (Å²) in [6, 6.07) is 26.1. The molecule has 36 heavy (non-hydrogen) atoms. The van der Waals surface area contributed by atoms with Gasteiger partial charge in [-0.1, -0.05) is 56.3 Å². The molecule has 2 aliphatic rings. The van der Waals surface area contributed by atoms with E-state index in [2.05, 4.69) is 53.2 Å². The number of thiocarbonyl (C=S) groups is 1. The molecule has 1 fully saturated rings. The molecular weight excluding hydrogens is 464 g/mol. The Morgan fingerprint density at radius 1 is 0.972 bits per heavy atom. The first-order valence-corrected chi connectivity index (χ1v) is 12.8. The van der Waals surface area contributed by atoms with E-state index in [0.29, 0.717) is 11.5 Å². The second kappa shape index (κ2) is 9.51. The van der Waals surface area contributed by atoms with Crippen LogP contribution in [0, 0.1) is 11.3 Å². The van der Waals surface area contributed by atoms with E-state index in [1.807, 2.05) is 68.7 Å². The fourth-order valence-electron chi connectivity index (χ4n) is 5.37. The molecule has 0 bridgehead atoms. The van der Waals surface area contributed by atoms with Crippen LogP contribution in [0.3, 0.4) is 0 Å². The molecule has 3 aromatic carbocycles. The van der Waals surface area contributed by atoms with Crippen molar-refractivity contribution >= 4 is 51.6 Å². The van der Waals surface area contributed by atoms with Crippen LogP contribution in [-0.4, -0.2) is 30.7 Å². The molecular formula is C30H32N4OS. The van der Waals surface area contributed by atoms with Crippen molar-refractivity contribution in [2.75, 3.05) is 29.2 Å². The van der Waals surface area contributed by atoms with E-state index < -0.39 is 0 Å². The van der Waals surface area contributed by atoms with Crippen molar-refractivity contribution in [2.45, 2.75) is 32.7 Å². The molecule has 0 spiro atoms. The van der Waals surface area contributed by atoms with Gasteiger partial charge in [-0.3, -0.25) is 9.79 Å². The van der Waals surface area contributed by atoms with Gasteiger partial charge in [-0.15, -0.1) is 0 Å². The first-order valence-electron chi connectivity index (χ1n) is 12.4. The van der Waals surface area contributed by atoms with Gasteiger partial charge < -0.3 is 15.1 Å². The predicted molar refractivity (Wildman–Crippen MR) is 154 cm³/mol. The number of nitrogens with zero attached hydrogens (tertiary/aromatic N) is 3. The standard InChI is InChI=1S/C30H32N4OS/c1-30(2)18-24-27(26(35)19-30)28(20-14-16-22(17-15-20)33(3)4)34(25-13-9-8-12-23(25)32-24)29(36)31-21-10-6-5-7-11-21/h5-17,27-28H,18-19H2,1-4H3,(H,31,36)/t27-,28-/m1/s1. The summed E-state index contributed by atoms with van der Waals surface area (Å²) in [6.45, 7) is 4.31. The molecule has 1 N–H and O–H groups in total.